The normalized spacial score (nSPS) is 30.2. The third-order valence-corrected chi connectivity index (χ3v) is 8.05. The summed E-state index contributed by atoms with van der Waals surface area (Å²) in [6, 6.07) is 8.62. The molecule has 1 aliphatic carbocycles. The summed E-state index contributed by atoms with van der Waals surface area (Å²) >= 11 is 6.41. The van der Waals surface area contributed by atoms with Crippen molar-refractivity contribution in [2.75, 3.05) is 0 Å². The number of rotatable bonds is 5. The largest absolute Gasteiger partial charge is 0.373 e. The fourth-order valence-electron chi connectivity index (χ4n) is 6.39. The molecule has 0 spiro atoms. The van der Waals surface area contributed by atoms with Gasteiger partial charge in [-0.3, -0.25) is 19.7 Å². The summed E-state index contributed by atoms with van der Waals surface area (Å²) in [6.07, 6.45) is 1.37. The number of carbonyl (C=O) groups excluding carboxylic acids is 2. The van der Waals surface area contributed by atoms with E-state index in [9.17, 15) is 19.7 Å². The molecule has 6 atom stereocenters. The number of hydrogen-bond donors (Lipinski definition) is 0. The van der Waals surface area contributed by atoms with Gasteiger partial charge in [-0.25, -0.2) is 0 Å². The van der Waals surface area contributed by atoms with Crippen LogP contribution in [-0.4, -0.2) is 28.7 Å². The number of benzene rings is 2. The molecule has 6 nitrogen and oxygen atoms in total. The number of hydrogen-bond acceptors (Lipinski definition) is 5. The minimum atomic E-state index is -0.731. The third kappa shape index (κ3) is 3.26. The van der Waals surface area contributed by atoms with Crippen molar-refractivity contribution in [3.05, 3.63) is 73.3 Å². The lowest BCUT2D eigenvalue weighted by Crippen LogP contribution is -2.34. The molecule has 33 heavy (non-hydrogen) atoms. The maximum absolute atomic E-state index is 13.8. The van der Waals surface area contributed by atoms with Crippen LogP contribution in [0.3, 0.4) is 0 Å². The Morgan fingerprint density at radius 2 is 1.70 bits per heavy atom. The van der Waals surface area contributed by atoms with Crippen LogP contribution in [0.1, 0.15) is 59.9 Å². The lowest BCUT2D eigenvalue weighted by atomic mass is 9.73. The van der Waals surface area contributed by atoms with Crippen molar-refractivity contribution in [3.8, 4) is 0 Å². The first-order valence-corrected chi connectivity index (χ1v) is 11.9. The molecule has 0 N–H and O–H groups in total. The number of Topliss-reactive ketones (excluding diaryl/α,β-unsaturated/α-hetero) is 2. The van der Waals surface area contributed by atoms with Crippen molar-refractivity contribution in [1.29, 1.82) is 0 Å². The predicted molar refractivity (Wildman–Crippen MR) is 124 cm³/mol. The molecule has 0 aromatic heterocycles. The number of ketones is 2. The molecule has 0 radical (unpaired) electrons. The Morgan fingerprint density at radius 3 is 2.27 bits per heavy atom. The zero-order valence-corrected chi connectivity index (χ0v) is 19.6. The first kappa shape index (κ1) is 22.2. The topological polar surface area (TPSA) is 86.5 Å². The van der Waals surface area contributed by atoms with Crippen molar-refractivity contribution in [3.63, 3.8) is 0 Å². The molecule has 2 heterocycles. The zero-order valence-electron chi connectivity index (χ0n) is 18.8. The Balaban J connectivity index is 1.52. The molecule has 2 aromatic carbocycles. The van der Waals surface area contributed by atoms with Gasteiger partial charge in [-0.2, -0.15) is 0 Å². The van der Waals surface area contributed by atoms with E-state index in [1.54, 1.807) is 6.07 Å². The summed E-state index contributed by atoms with van der Waals surface area (Å²) in [6.45, 7) is 6.16. The van der Waals surface area contributed by atoms with Gasteiger partial charge in [-0.05, 0) is 48.4 Å². The SMILES string of the molecule is CCc1cc(C)cc(CC)c1C1C(=O)[C@@H]2[C@@H]3O[C@@H](C[C@H]3c3ccc([N+](=O)[O-])cc3Cl)[C@@H]2C1=O. The predicted octanol–water partition coefficient (Wildman–Crippen LogP) is 5.10. The second kappa shape index (κ2) is 8.03. The minimum absolute atomic E-state index is 0.0148. The molecule has 172 valence electrons. The summed E-state index contributed by atoms with van der Waals surface area (Å²) < 4.78 is 6.16. The monoisotopic (exact) mass is 467 g/mol. The summed E-state index contributed by atoms with van der Waals surface area (Å²) in [5, 5.41) is 11.4. The Morgan fingerprint density at radius 1 is 1.06 bits per heavy atom. The molecule has 1 unspecified atom stereocenters. The second-order valence-corrected chi connectivity index (χ2v) is 9.84. The van der Waals surface area contributed by atoms with Crippen LogP contribution in [0.25, 0.3) is 0 Å². The number of halogens is 1. The van der Waals surface area contributed by atoms with Crippen LogP contribution in [0.5, 0.6) is 0 Å². The fraction of sp³-hybridized carbons (Fsp3) is 0.462. The standard InChI is InChI=1S/C26H26ClNO5/c1-4-13-8-12(3)9-14(5-2)20(13)22-24(29)21-19-11-17(26(33-19)23(21)25(22)30)16-7-6-15(28(31)32)10-18(16)27/h6-10,17,19,21-23,26H,4-5,11H2,1-3H3/t17-,19-,21-,22?,23+,26+/m0/s1. The van der Waals surface area contributed by atoms with Crippen molar-refractivity contribution < 1.29 is 19.2 Å². The molecular weight excluding hydrogens is 442 g/mol. The van der Waals surface area contributed by atoms with Gasteiger partial charge in [0.2, 0.25) is 0 Å². The summed E-state index contributed by atoms with van der Waals surface area (Å²) in [7, 11) is 0. The molecule has 1 saturated carbocycles. The maximum Gasteiger partial charge on any atom is 0.270 e. The van der Waals surface area contributed by atoms with E-state index in [0.29, 0.717) is 11.4 Å². The molecular formula is C26H26ClNO5. The van der Waals surface area contributed by atoms with Gasteiger partial charge in [0.25, 0.3) is 5.69 Å². The molecule has 5 rings (SSSR count). The van der Waals surface area contributed by atoms with E-state index in [1.807, 2.05) is 6.92 Å². The van der Waals surface area contributed by atoms with Gasteiger partial charge in [0.05, 0.1) is 34.0 Å². The van der Waals surface area contributed by atoms with Crippen LogP contribution < -0.4 is 0 Å². The van der Waals surface area contributed by atoms with Crippen molar-refractivity contribution in [1.82, 2.24) is 0 Å². The van der Waals surface area contributed by atoms with E-state index in [2.05, 4.69) is 26.0 Å². The molecule has 2 bridgehead atoms. The van der Waals surface area contributed by atoms with Crippen LogP contribution >= 0.6 is 11.6 Å². The first-order chi connectivity index (χ1) is 15.8. The van der Waals surface area contributed by atoms with E-state index >= 15 is 0 Å². The smallest absolute Gasteiger partial charge is 0.270 e. The second-order valence-electron chi connectivity index (χ2n) is 9.44. The lowest BCUT2D eigenvalue weighted by Gasteiger charge is -2.27. The molecule has 2 saturated heterocycles. The lowest BCUT2D eigenvalue weighted by molar-refractivity contribution is -0.384. The molecule has 0 amide bonds. The van der Waals surface area contributed by atoms with E-state index in [1.165, 1.54) is 12.1 Å². The Bertz CT molecular complexity index is 1170. The molecule has 3 fully saturated rings. The van der Waals surface area contributed by atoms with Gasteiger partial charge in [0.15, 0.2) is 11.6 Å². The fourth-order valence-corrected chi connectivity index (χ4v) is 6.71. The zero-order chi connectivity index (χ0) is 23.6. The van der Waals surface area contributed by atoms with Gasteiger partial charge < -0.3 is 4.74 Å². The van der Waals surface area contributed by atoms with Gasteiger partial charge in [-0.15, -0.1) is 0 Å². The van der Waals surface area contributed by atoms with Crippen LogP contribution in [0.15, 0.2) is 30.3 Å². The molecule has 7 heteroatoms. The number of aryl methyl sites for hydroxylation is 3. The highest BCUT2D eigenvalue weighted by molar-refractivity contribution is 6.31. The van der Waals surface area contributed by atoms with Crippen molar-refractivity contribution >= 4 is 28.9 Å². The van der Waals surface area contributed by atoms with Crippen LogP contribution in [-0.2, 0) is 27.2 Å². The number of non-ortho nitro benzene ring substituents is 1. The van der Waals surface area contributed by atoms with Crippen LogP contribution in [0.2, 0.25) is 5.02 Å². The minimum Gasteiger partial charge on any atom is -0.373 e. The van der Waals surface area contributed by atoms with Crippen LogP contribution in [0.4, 0.5) is 5.69 Å². The number of carbonyl (C=O) groups is 2. The van der Waals surface area contributed by atoms with E-state index < -0.39 is 28.8 Å². The highest BCUT2D eigenvalue weighted by atomic mass is 35.5. The summed E-state index contributed by atoms with van der Waals surface area (Å²) in [5.41, 5.74) is 4.86. The quantitative estimate of drug-likeness (QED) is 0.346. The average molecular weight is 468 g/mol. The molecule has 3 aliphatic rings. The number of ether oxygens (including phenoxy) is 1. The molecule has 2 aliphatic heterocycles. The maximum atomic E-state index is 13.8. The van der Waals surface area contributed by atoms with E-state index in [0.717, 1.165) is 40.7 Å². The van der Waals surface area contributed by atoms with Gasteiger partial charge in [0, 0.05) is 18.1 Å². The Hall–Kier alpha value is -2.57. The number of fused-ring (bicyclic) bond motifs is 5. The van der Waals surface area contributed by atoms with Gasteiger partial charge in [-0.1, -0.05) is 49.2 Å². The highest BCUT2D eigenvalue weighted by Crippen LogP contribution is 2.58. The van der Waals surface area contributed by atoms with E-state index in [4.69, 9.17) is 16.3 Å². The van der Waals surface area contributed by atoms with Crippen LogP contribution in [0, 0.1) is 28.9 Å². The number of nitrogens with zero attached hydrogens (tertiary/aromatic N) is 1. The highest BCUT2D eigenvalue weighted by Gasteiger charge is 2.66. The summed E-state index contributed by atoms with van der Waals surface area (Å²) in [5.74, 6) is -1.86. The number of nitro groups is 1. The van der Waals surface area contributed by atoms with Crippen molar-refractivity contribution in [2.24, 2.45) is 11.8 Å². The van der Waals surface area contributed by atoms with Gasteiger partial charge >= 0.3 is 0 Å². The van der Waals surface area contributed by atoms with E-state index in [-0.39, 0.29) is 29.3 Å². The van der Waals surface area contributed by atoms with Crippen molar-refractivity contribution in [2.45, 2.75) is 64.1 Å². The third-order valence-electron chi connectivity index (χ3n) is 7.72. The first-order valence-electron chi connectivity index (χ1n) is 11.6. The average Bonchev–Trinajstić information content (AvgIpc) is 3.44. The molecule has 2 aromatic rings. The summed E-state index contributed by atoms with van der Waals surface area (Å²) in [4.78, 5) is 38.0. The Kier molecular flexibility index (Phi) is 5.41. The van der Waals surface area contributed by atoms with Gasteiger partial charge in [0.1, 0.15) is 5.92 Å². The Labute approximate surface area is 197 Å². The number of nitro benzene ring substituents is 1.